The van der Waals surface area contributed by atoms with Gasteiger partial charge in [-0.25, -0.2) is 0 Å². The molecule has 0 spiro atoms. The average molecular weight is 507 g/mol. The van der Waals surface area contributed by atoms with Crippen LogP contribution in [-0.2, 0) is 9.53 Å². The van der Waals surface area contributed by atoms with Crippen molar-refractivity contribution in [2.45, 2.75) is 123 Å². The minimum absolute atomic E-state index is 0.0382. The maximum absolute atomic E-state index is 13.1. The summed E-state index contributed by atoms with van der Waals surface area (Å²) in [5.41, 5.74) is 1.27. The molecular formula is C33H46O4. The summed E-state index contributed by atoms with van der Waals surface area (Å²) < 4.78 is 19.1. The number of ether oxygens (including phenoxy) is 3. The van der Waals surface area contributed by atoms with Crippen LogP contribution < -0.4 is 9.47 Å². The van der Waals surface area contributed by atoms with Gasteiger partial charge in [0.15, 0.2) is 6.10 Å². The van der Waals surface area contributed by atoms with Crippen LogP contribution >= 0.6 is 0 Å². The smallest absolute Gasteiger partial charge is 0.312 e. The highest BCUT2D eigenvalue weighted by atomic mass is 16.5. The number of hydrogen-bond acceptors (Lipinski definition) is 4. The van der Waals surface area contributed by atoms with Crippen LogP contribution in [0, 0.1) is 5.41 Å². The summed E-state index contributed by atoms with van der Waals surface area (Å²) >= 11 is 0. The van der Waals surface area contributed by atoms with E-state index in [0.29, 0.717) is 0 Å². The van der Waals surface area contributed by atoms with Crippen molar-refractivity contribution < 1.29 is 19.0 Å². The molecule has 0 aliphatic heterocycles. The SMILES string of the molecule is CCC1(Oc2ccc(C(OC(=O)C(C)(C)CC)c3ccc(OC4(CC)CCCC4)cc3)cc2)CCCC1. The average Bonchev–Trinajstić information content (AvgIpc) is 3.59. The Morgan fingerprint density at radius 1 is 0.730 bits per heavy atom. The fourth-order valence-corrected chi connectivity index (χ4v) is 5.75. The van der Waals surface area contributed by atoms with E-state index in [-0.39, 0.29) is 17.2 Å². The fourth-order valence-electron chi connectivity index (χ4n) is 5.75. The van der Waals surface area contributed by atoms with E-state index in [4.69, 9.17) is 14.2 Å². The molecular weight excluding hydrogens is 460 g/mol. The highest BCUT2D eigenvalue weighted by molar-refractivity contribution is 5.76. The second kappa shape index (κ2) is 11.5. The van der Waals surface area contributed by atoms with E-state index < -0.39 is 11.5 Å². The van der Waals surface area contributed by atoms with Crippen LogP contribution in [0.4, 0.5) is 0 Å². The molecule has 0 aromatic heterocycles. The van der Waals surface area contributed by atoms with Gasteiger partial charge < -0.3 is 14.2 Å². The molecule has 0 heterocycles. The van der Waals surface area contributed by atoms with Gasteiger partial charge in [-0.3, -0.25) is 4.79 Å². The quantitative estimate of drug-likeness (QED) is 0.285. The molecule has 0 saturated heterocycles. The van der Waals surface area contributed by atoms with Crippen LogP contribution in [0.15, 0.2) is 48.5 Å². The predicted octanol–water partition coefficient (Wildman–Crippen LogP) is 8.96. The zero-order valence-corrected chi connectivity index (χ0v) is 23.6. The first-order valence-corrected chi connectivity index (χ1v) is 14.5. The van der Waals surface area contributed by atoms with Crippen molar-refractivity contribution in [1.29, 1.82) is 0 Å². The van der Waals surface area contributed by atoms with E-state index in [1.54, 1.807) is 0 Å². The third-order valence-corrected chi connectivity index (χ3v) is 9.01. The molecule has 0 radical (unpaired) electrons. The Morgan fingerprint density at radius 3 is 1.43 bits per heavy atom. The highest BCUT2D eigenvalue weighted by Gasteiger charge is 2.36. The molecule has 0 N–H and O–H groups in total. The molecule has 202 valence electrons. The van der Waals surface area contributed by atoms with Gasteiger partial charge in [-0.1, -0.05) is 45.0 Å². The standard InChI is InChI=1S/C33H46O4/c1-6-31(4,5)30(34)35-29(25-13-17-27(18-14-25)36-32(7-2)21-9-10-22-32)26-15-19-28(20-16-26)37-33(8-3)23-11-12-24-33/h13-20,29H,6-12,21-24H2,1-5H3. The van der Waals surface area contributed by atoms with Crippen molar-refractivity contribution in [3.8, 4) is 11.5 Å². The maximum Gasteiger partial charge on any atom is 0.312 e. The van der Waals surface area contributed by atoms with E-state index in [9.17, 15) is 4.79 Å². The molecule has 0 bridgehead atoms. The van der Waals surface area contributed by atoms with E-state index in [2.05, 4.69) is 13.8 Å². The Kier molecular flexibility index (Phi) is 8.56. The molecule has 4 rings (SSSR count). The van der Waals surface area contributed by atoms with Gasteiger partial charge in [0.2, 0.25) is 0 Å². The highest BCUT2D eigenvalue weighted by Crippen LogP contribution is 2.40. The monoisotopic (exact) mass is 506 g/mol. The molecule has 2 saturated carbocycles. The van der Waals surface area contributed by atoms with E-state index >= 15 is 0 Å². The molecule has 0 atom stereocenters. The Morgan fingerprint density at radius 2 is 1.11 bits per heavy atom. The molecule has 0 amide bonds. The first kappa shape index (κ1) is 27.5. The van der Waals surface area contributed by atoms with E-state index in [1.807, 2.05) is 69.3 Å². The van der Waals surface area contributed by atoms with Crippen molar-refractivity contribution in [3.63, 3.8) is 0 Å². The van der Waals surface area contributed by atoms with Gasteiger partial charge in [0, 0.05) is 0 Å². The number of esters is 1. The molecule has 2 aliphatic carbocycles. The Hall–Kier alpha value is -2.49. The summed E-state index contributed by atoms with van der Waals surface area (Å²) in [4.78, 5) is 13.1. The van der Waals surface area contributed by atoms with Crippen molar-refractivity contribution in [1.82, 2.24) is 0 Å². The molecule has 2 aliphatic rings. The third-order valence-electron chi connectivity index (χ3n) is 9.01. The van der Waals surface area contributed by atoms with Crippen LogP contribution in [0.5, 0.6) is 11.5 Å². The number of carbonyl (C=O) groups excluding carboxylic acids is 1. The van der Waals surface area contributed by atoms with Gasteiger partial charge in [-0.2, -0.15) is 0 Å². The largest absolute Gasteiger partial charge is 0.487 e. The van der Waals surface area contributed by atoms with Crippen LogP contribution in [0.3, 0.4) is 0 Å². The molecule has 4 nitrogen and oxygen atoms in total. The third kappa shape index (κ3) is 6.33. The zero-order valence-electron chi connectivity index (χ0n) is 23.6. The summed E-state index contributed by atoms with van der Waals surface area (Å²) in [7, 11) is 0. The van der Waals surface area contributed by atoms with Gasteiger partial charge in [0.25, 0.3) is 0 Å². The van der Waals surface area contributed by atoms with Crippen LogP contribution in [0.2, 0.25) is 0 Å². The summed E-state index contributed by atoms with van der Waals surface area (Å²) in [6, 6.07) is 16.3. The first-order chi connectivity index (χ1) is 17.7. The summed E-state index contributed by atoms with van der Waals surface area (Å²) in [6.45, 7) is 10.3. The van der Waals surface area contributed by atoms with Gasteiger partial charge in [0.1, 0.15) is 22.7 Å². The molecule has 4 heteroatoms. The van der Waals surface area contributed by atoms with Crippen LogP contribution in [0.25, 0.3) is 0 Å². The zero-order chi connectivity index (χ0) is 26.5. The molecule has 37 heavy (non-hydrogen) atoms. The maximum atomic E-state index is 13.1. The van der Waals surface area contributed by atoms with Crippen molar-refractivity contribution in [3.05, 3.63) is 59.7 Å². The number of rotatable bonds is 11. The molecule has 2 aromatic carbocycles. The van der Waals surface area contributed by atoms with Gasteiger partial charge in [-0.15, -0.1) is 0 Å². The normalized spacial score (nSPS) is 18.6. The lowest BCUT2D eigenvalue weighted by Crippen LogP contribution is -2.31. The summed E-state index contributed by atoms with van der Waals surface area (Å²) in [5.74, 6) is 1.58. The van der Waals surface area contributed by atoms with Gasteiger partial charge >= 0.3 is 5.97 Å². The fraction of sp³-hybridized carbons (Fsp3) is 0.606. The topological polar surface area (TPSA) is 44.8 Å². The Balaban J connectivity index is 1.56. The number of hydrogen-bond donors (Lipinski definition) is 0. The second-order valence-corrected chi connectivity index (χ2v) is 11.9. The summed E-state index contributed by atoms with van der Waals surface area (Å²) in [6.07, 6.45) is 11.7. The van der Waals surface area contributed by atoms with Gasteiger partial charge in [-0.05, 0) is 120 Å². The first-order valence-electron chi connectivity index (χ1n) is 14.5. The molecule has 2 aromatic rings. The Bertz CT molecular complexity index is 940. The number of carbonyl (C=O) groups is 1. The van der Waals surface area contributed by atoms with Crippen LogP contribution in [-0.4, -0.2) is 17.2 Å². The molecule has 0 unspecified atom stereocenters. The second-order valence-electron chi connectivity index (χ2n) is 11.9. The minimum Gasteiger partial charge on any atom is -0.487 e. The lowest BCUT2D eigenvalue weighted by Gasteiger charge is -2.30. The van der Waals surface area contributed by atoms with E-state index in [1.165, 1.54) is 25.7 Å². The van der Waals surface area contributed by atoms with Gasteiger partial charge in [0.05, 0.1) is 5.41 Å². The predicted molar refractivity (Wildman–Crippen MR) is 149 cm³/mol. The minimum atomic E-state index is -0.545. The molecule has 2 fully saturated rings. The lowest BCUT2D eigenvalue weighted by atomic mass is 9.90. The Labute approximate surface area is 224 Å². The van der Waals surface area contributed by atoms with Crippen molar-refractivity contribution in [2.75, 3.05) is 0 Å². The lowest BCUT2D eigenvalue weighted by molar-refractivity contribution is -0.158. The number of benzene rings is 2. The van der Waals surface area contributed by atoms with Crippen molar-refractivity contribution >= 4 is 5.97 Å². The van der Waals surface area contributed by atoms with Crippen LogP contribution in [0.1, 0.15) is 122 Å². The van der Waals surface area contributed by atoms with Crippen molar-refractivity contribution in [2.24, 2.45) is 5.41 Å². The summed E-state index contributed by atoms with van der Waals surface area (Å²) in [5, 5.41) is 0. The van der Waals surface area contributed by atoms with E-state index in [0.717, 1.165) is 67.6 Å².